The van der Waals surface area contributed by atoms with Crippen LogP contribution in [-0.2, 0) is 14.6 Å². The first-order valence-electron chi connectivity index (χ1n) is 8.89. The summed E-state index contributed by atoms with van der Waals surface area (Å²) in [5.74, 6) is -0.260. The van der Waals surface area contributed by atoms with Crippen LogP contribution in [0.3, 0.4) is 0 Å². The molecule has 0 aliphatic carbocycles. The number of sulfone groups is 1. The Morgan fingerprint density at radius 1 is 1.07 bits per heavy atom. The van der Waals surface area contributed by atoms with E-state index in [1.54, 1.807) is 24.3 Å². The number of nitrogens with zero attached hydrogens (tertiary/aromatic N) is 1. The average Bonchev–Trinajstić information content (AvgIpc) is 3.05. The van der Waals surface area contributed by atoms with Crippen LogP contribution in [0.5, 0.6) is 5.75 Å². The fourth-order valence-corrected chi connectivity index (χ4v) is 4.60. The lowest BCUT2D eigenvalue weighted by Gasteiger charge is -2.12. The van der Waals surface area contributed by atoms with Crippen LogP contribution in [0.1, 0.15) is 12.0 Å². The lowest BCUT2D eigenvalue weighted by atomic mass is 10.0. The zero-order valence-corrected chi connectivity index (χ0v) is 16.2. The van der Waals surface area contributed by atoms with E-state index in [1.165, 1.54) is 0 Å². The molecule has 9 heteroatoms. The number of carbonyl (C=O) groups excluding carboxylic acids is 2. The Morgan fingerprint density at radius 3 is 2.24 bits per heavy atom. The van der Waals surface area contributed by atoms with Crippen molar-refractivity contribution in [2.45, 2.75) is 12.5 Å². The quantitative estimate of drug-likeness (QED) is 0.767. The standard InChI is InChI=1S/C20H19N3O5S/c21-11-14-1-3-15(4-2-14)16-5-7-18(8-6-16)28-12-19(24)23-20(25)22-17-9-10-29(26,27)13-17/h1-8,17H,9-10,12-13H2,(H2,22,23,24,25)/t17-/m0/s1. The van der Waals surface area contributed by atoms with Gasteiger partial charge in [-0.2, -0.15) is 5.26 Å². The van der Waals surface area contributed by atoms with Gasteiger partial charge in [-0.05, 0) is 41.8 Å². The van der Waals surface area contributed by atoms with E-state index >= 15 is 0 Å². The van der Waals surface area contributed by atoms with E-state index in [0.717, 1.165) is 11.1 Å². The summed E-state index contributed by atoms with van der Waals surface area (Å²) >= 11 is 0. The van der Waals surface area contributed by atoms with Gasteiger partial charge in [0.1, 0.15) is 5.75 Å². The zero-order valence-electron chi connectivity index (χ0n) is 15.4. The molecule has 0 bridgehead atoms. The highest BCUT2D eigenvalue weighted by Gasteiger charge is 2.29. The number of nitrogens with one attached hydrogen (secondary N) is 2. The molecule has 0 saturated carbocycles. The summed E-state index contributed by atoms with van der Waals surface area (Å²) in [4.78, 5) is 23.6. The first-order valence-corrected chi connectivity index (χ1v) is 10.7. The van der Waals surface area contributed by atoms with E-state index in [-0.39, 0.29) is 18.1 Å². The van der Waals surface area contributed by atoms with Crippen LogP contribution in [-0.4, -0.2) is 44.5 Å². The van der Waals surface area contributed by atoms with Gasteiger partial charge < -0.3 is 10.1 Å². The van der Waals surface area contributed by atoms with Crippen LogP contribution >= 0.6 is 0 Å². The van der Waals surface area contributed by atoms with Crippen LogP contribution in [0.2, 0.25) is 0 Å². The van der Waals surface area contributed by atoms with Crippen molar-refractivity contribution in [3.63, 3.8) is 0 Å². The van der Waals surface area contributed by atoms with Crippen LogP contribution in [0.25, 0.3) is 11.1 Å². The van der Waals surface area contributed by atoms with E-state index in [4.69, 9.17) is 10.00 Å². The maximum atomic E-state index is 11.8. The van der Waals surface area contributed by atoms with Gasteiger partial charge in [-0.1, -0.05) is 24.3 Å². The van der Waals surface area contributed by atoms with Crippen LogP contribution in [0, 0.1) is 11.3 Å². The predicted molar refractivity (Wildman–Crippen MR) is 106 cm³/mol. The Bertz CT molecular complexity index is 1040. The molecule has 0 unspecified atom stereocenters. The van der Waals surface area contributed by atoms with Gasteiger partial charge in [0, 0.05) is 6.04 Å². The topological polar surface area (TPSA) is 125 Å². The minimum atomic E-state index is -3.11. The second-order valence-corrected chi connectivity index (χ2v) is 8.85. The molecule has 1 atom stereocenters. The lowest BCUT2D eigenvalue weighted by Crippen LogP contribution is -2.46. The number of rotatable bonds is 5. The Labute approximate surface area is 168 Å². The van der Waals surface area contributed by atoms with Crippen molar-refractivity contribution in [3.8, 4) is 22.9 Å². The lowest BCUT2D eigenvalue weighted by molar-refractivity contribution is -0.122. The highest BCUT2D eigenvalue weighted by atomic mass is 32.2. The second-order valence-electron chi connectivity index (χ2n) is 6.62. The summed E-state index contributed by atoms with van der Waals surface area (Å²) < 4.78 is 28.1. The molecule has 1 saturated heterocycles. The first kappa shape index (κ1) is 20.4. The Hall–Kier alpha value is -3.38. The summed E-state index contributed by atoms with van der Waals surface area (Å²) in [7, 11) is -3.11. The van der Waals surface area contributed by atoms with E-state index in [0.29, 0.717) is 17.7 Å². The largest absolute Gasteiger partial charge is 0.484 e. The molecule has 1 aliphatic rings. The summed E-state index contributed by atoms with van der Waals surface area (Å²) in [5.41, 5.74) is 2.45. The number of benzene rings is 2. The first-order chi connectivity index (χ1) is 13.8. The van der Waals surface area contributed by atoms with Gasteiger partial charge in [-0.15, -0.1) is 0 Å². The van der Waals surface area contributed by atoms with Crippen LogP contribution in [0.4, 0.5) is 4.79 Å². The molecule has 2 N–H and O–H groups in total. The van der Waals surface area contributed by atoms with Crippen LogP contribution < -0.4 is 15.4 Å². The third-order valence-electron chi connectivity index (χ3n) is 4.39. The minimum absolute atomic E-state index is 0.0352. The molecule has 1 aliphatic heterocycles. The van der Waals surface area contributed by atoms with Gasteiger partial charge in [0.25, 0.3) is 5.91 Å². The fourth-order valence-electron chi connectivity index (χ4n) is 2.92. The van der Waals surface area contributed by atoms with Gasteiger partial charge in [-0.3, -0.25) is 10.1 Å². The number of imide groups is 1. The molecule has 1 heterocycles. The molecule has 0 radical (unpaired) electrons. The zero-order chi connectivity index (χ0) is 20.9. The Kier molecular flexibility index (Phi) is 6.14. The number of ether oxygens (including phenoxy) is 1. The number of carbonyl (C=O) groups is 2. The van der Waals surface area contributed by atoms with Crippen LogP contribution in [0.15, 0.2) is 48.5 Å². The SMILES string of the molecule is N#Cc1ccc(-c2ccc(OCC(=O)NC(=O)N[C@H]3CCS(=O)(=O)C3)cc2)cc1. The average molecular weight is 413 g/mol. The molecule has 3 amide bonds. The van der Waals surface area contributed by atoms with E-state index < -0.39 is 27.8 Å². The maximum absolute atomic E-state index is 11.8. The molecular formula is C20H19N3O5S. The third kappa shape index (κ3) is 5.80. The van der Waals surface area contributed by atoms with Crippen molar-refractivity contribution in [2.24, 2.45) is 0 Å². The summed E-state index contributed by atoms with van der Waals surface area (Å²) in [5, 5.41) is 13.4. The molecule has 150 valence electrons. The van der Waals surface area contributed by atoms with Crippen molar-refractivity contribution in [2.75, 3.05) is 18.1 Å². The van der Waals surface area contributed by atoms with Crippen molar-refractivity contribution in [3.05, 3.63) is 54.1 Å². The summed E-state index contributed by atoms with van der Waals surface area (Å²) in [6.07, 6.45) is 0.339. The minimum Gasteiger partial charge on any atom is -0.484 e. The molecular weight excluding hydrogens is 394 g/mol. The van der Waals surface area contributed by atoms with Gasteiger partial charge >= 0.3 is 6.03 Å². The van der Waals surface area contributed by atoms with Crippen molar-refractivity contribution >= 4 is 21.8 Å². The predicted octanol–water partition coefficient (Wildman–Crippen LogP) is 1.62. The monoisotopic (exact) mass is 413 g/mol. The van der Waals surface area contributed by atoms with E-state index in [2.05, 4.69) is 16.7 Å². The summed E-state index contributed by atoms with van der Waals surface area (Å²) in [6, 6.07) is 15.0. The number of nitriles is 1. The number of amides is 3. The van der Waals surface area contributed by atoms with E-state index in [9.17, 15) is 18.0 Å². The van der Waals surface area contributed by atoms with Crippen molar-refractivity contribution in [1.29, 1.82) is 5.26 Å². The van der Waals surface area contributed by atoms with Gasteiger partial charge in [0.2, 0.25) is 0 Å². The van der Waals surface area contributed by atoms with Crippen molar-refractivity contribution < 1.29 is 22.7 Å². The molecule has 8 nitrogen and oxygen atoms in total. The fraction of sp³-hybridized carbons (Fsp3) is 0.250. The Morgan fingerprint density at radius 2 is 1.69 bits per heavy atom. The summed E-state index contributed by atoms with van der Waals surface area (Å²) in [6.45, 7) is -0.355. The Balaban J connectivity index is 1.46. The second kappa shape index (κ2) is 8.75. The molecule has 3 rings (SSSR count). The van der Waals surface area contributed by atoms with E-state index in [1.807, 2.05) is 24.3 Å². The molecule has 0 aromatic heterocycles. The number of hydrogen-bond acceptors (Lipinski definition) is 6. The molecule has 29 heavy (non-hydrogen) atoms. The normalized spacial score (nSPS) is 17.1. The molecule has 2 aromatic carbocycles. The van der Waals surface area contributed by atoms with Gasteiger partial charge in [-0.25, -0.2) is 13.2 Å². The number of urea groups is 1. The highest BCUT2D eigenvalue weighted by molar-refractivity contribution is 7.91. The number of hydrogen-bond donors (Lipinski definition) is 2. The van der Waals surface area contributed by atoms with Gasteiger partial charge in [0.15, 0.2) is 16.4 Å². The maximum Gasteiger partial charge on any atom is 0.321 e. The van der Waals surface area contributed by atoms with Gasteiger partial charge in [0.05, 0.1) is 23.1 Å². The molecule has 2 aromatic rings. The smallest absolute Gasteiger partial charge is 0.321 e. The highest BCUT2D eigenvalue weighted by Crippen LogP contribution is 2.22. The molecule has 0 spiro atoms. The van der Waals surface area contributed by atoms with Crippen molar-refractivity contribution in [1.82, 2.24) is 10.6 Å². The third-order valence-corrected chi connectivity index (χ3v) is 6.16. The molecule has 1 fully saturated rings.